The largest absolute Gasteiger partial charge is 0.456 e. The predicted octanol–water partition coefficient (Wildman–Crippen LogP) is 13.1. The van der Waals surface area contributed by atoms with Crippen molar-refractivity contribution in [2.24, 2.45) is 0 Å². The maximum atomic E-state index is 6.48. The Hall–Kier alpha value is -7.17. The molecule has 0 saturated heterocycles. The summed E-state index contributed by atoms with van der Waals surface area (Å²) in [5, 5.41) is 11.5. The van der Waals surface area contributed by atoms with Crippen LogP contribution in [0.1, 0.15) is 0 Å². The highest BCUT2D eigenvalue weighted by atomic mass is 16.3. The summed E-state index contributed by atoms with van der Waals surface area (Å²) in [6, 6.07) is 61.6. The fraction of sp³-hybridized carbons (Fsp3) is 0. The first kappa shape index (κ1) is 29.5. The second-order valence-electron chi connectivity index (χ2n) is 13.6. The van der Waals surface area contributed by atoms with Crippen LogP contribution in [0.2, 0.25) is 0 Å². The van der Waals surface area contributed by atoms with Crippen molar-refractivity contribution in [1.29, 1.82) is 0 Å². The molecule has 4 nitrogen and oxygen atoms in total. The average molecular weight is 676 g/mol. The van der Waals surface area contributed by atoms with Crippen LogP contribution in [0.25, 0.3) is 110 Å². The van der Waals surface area contributed by atoms with Crippen molar-refractivity contribution in [3.63, 3.8) is 0 Å². The number of furan rings is 1. The quantitative estimate of drug-likeness (QED) is 0.174. The van der Waals surface area contributed by atoms with E-state index in [0.717, 1.165) is 60.5 Å². The van der Waals surface area contributed by atoms with E-state index in [1.807, 2.05) is 30.3 Å². The Morgan fingerprint density at radius 2 is 0.943 bits per heavy atom. The number of fused-ring (bicyclic) bond motifs is 9. The zero-order chi connectivity index (χ0) is 34.9. The van der Waals surface area contributed by atoms with Gasteiger partial charge in [-0.15, -0.1) is 0 Å². The molecule has 0 amide bonds. The minimum absolute atomic E-state index is 0.598. The Kier molecular flexibility index (Phi) is 6.52. The topological polar surface area (TPSA) is 51.8 Å². The lowest BCUT2D eigenvalue weighted by Crippen LogP contribution is -2.01. The van der Waals surface area contributed by atoms with Gasteiger partial charge in [0.25, 0.3) is 0 Å². The van der Waals surface area contributed by atoms with Gasteiger partial charge in [0.15, 0.2) is 17.5 Å². The molecule has 0 atom stereocenters. The lowest BCUT2D eigenvalue weighted by molar-refractivity contribution is 0.669. The SMILES string of the molecule is c1ccc(-c2nc(-c3cc4ccccc4c4c3ccc3ccccc34)nc(-c3cccc4oc5ccc(-c6ccc7ccccc7c6)cc5c34)n2)cc1. The number of hydrogen-bond donors (Lipinski definition) is 0. The molecule has 0 N–H and O–H groups in total. The van der Waals surface area contributed by atoms with Crippen molar-refractivity contribution in [3.05, 3.63) is 176 Å². The number of hydrogen-bond acceptors (Lipinski definition) is 4. The van der Waals surface area contributed by atoms with E-state index in [4.69, 9.17) is 19.4 Å². The third kappa shape index (κ3) is 4.80. The molecule has 0 aliphatic rings. The normalized spacial score (nSPS) is 11.8. The van der Waals surface area contributed by atoms with Gasteiger partial charge in [0.2, 0.25) is 0 Å². The van der Waals surface area contributed by atoms with E-state index in [0.29, 0.717) is 17.5 Å². The molecule has 246 valence electrons. The van der Waals surface area contributed by atoms with Crippen LogP contribution in [0.4, 0.5) is 0 Å². The van der Waals surface area contributed by atoms with Crippen molar-refractivity contribution in [1.82, 2.24) is 15.0 Å². The van der Waals surface area contributed by atoms with Gasteiger partial charge in [0.1, 0.15) is 11.2 Å². The molecule has 53 heavy (non-hydrogen) atoms. The number of rotatable bonds is 4. The highest BCUT2D eigenvalue weighted by molar-refractivity contribution is 6.23. The van der Waals surface area contributed by atoms with Gasteiger partial charge in [-0.3, -0.25) is 0 Å². The maximum absolute atomic E-state index is 6.48. The van der Waals surface area contributed by atoms with Gasteiger partial charge in [0, 0.05) is 27.5 Å². The maximum Gasteiger partial charge on any atom is 0.164 e. The first-order chi connectivity index (χ1) is 26.2. The van der Waals surface area contributed by atoms with Gasteiger partial charge >= 0.3 is 0 Å². The average Bonchev–Trinajstić information content (AvgIpc) is 3.61. The van der Waals surface area contributed by atoms with E-state index < -0.39 is 0 Å². The molecule has 11 aromatic rings. The summed E-state index contributed by atoms with van der Waals surface area (Å²) in [4.78, 5) is 15.7. The summed E-state index contributed by atoms with van der Waals surface area (Å²) in [6.45, 7) is 0. The minimum atomic E-state index is 0.598. The van der Waals surface area contributed by atoms with Gasteiger partial charge in [-0.25, -0.2) is 15.0 Å². The van der Waals surface area contributed by atoms with E-state index in [1.165, 1.54) is 32.3 Å². The van der Waals surface area contributed by atoms with Gasteiger partial charge in [0.05, 0.1) is 0 Å². The Bertz CT molecular complexity index is 3220. The van der Waals surface area contributed by atoms with E-state index in [2.05, 4.69) is 146 Å². The Labute approximate surface area is 304 Å². The van der Waals surface area contributed by atoms with Crippen LogP contribution in [0.5, 0.6) is 0 Å². The molecule has 0 bridgehead atoms. The first-order valence-electron chi connectivity index (χ1n) is 17.9. The lowest BCUT2D eigenvalue weighted by Gasteiger charge is -2.14. The molecule has 4 heteroatoms. The molecule has 11 rings (SSSR count). The summed E-state index contributed by atoms with van der Waals surface area (Å²) in [7, 11) is 0. The fourth-order valence-electron chi connectivity index (χ4n) is 7.95. The van der Waals surface area contributed by atoms with Crippen LogP contribution in [0, 0.1) is 0 Å². The number of benzene rings is 9. The van der Waals surface area contributed by atoms with Crippen LogP contribution in [0.3, 0.4) is 0 Å². The lowest BCUT2D eigenvalue weighted by atomic mass is 9.92. The van der Waals surface area contributed by atoms with Crippen LogP contribution in [0.15, 0.2) is 180 Å². The van der Waals surface area contributed by atoms with Crippen molar-refractivity contribution in [3.8, 4) is 45.3 Å². The Balaban J connectivity index is 1.18. The van der Waals surface area contributed by atoms with Gasteiger partial charge < -0.3 is 4.42 Å². The highest BCUT2D eigenvalue weighted by Gasteiger charge is 2.20. The van der Waals surface area contributed by atoms with Gasteiger partial charge in [-0.1, -0.05) is 146 Å². The zero-order valence-corrected chi connectivity index (χ0v) is 28.5. The molecular formula is C49H29N3O. The van der Waals surface area contributed by atoms with Gasteiger partial charge in [-0.05, 0) is 84.5 Å². The first-order valence-corrected chi connectivity index (χ1v) is 17.9. The van der Waals surface area contributed by atoms with Crippen molar-refractivity contribution in [2.45, 2.75) is 0 Å². The number of aromatic nitrogens is 3. The molecule has 0 aliphatic heterocycles. The standard InChI is InChI=1S/C49H29N3O/c1-2-13-32(14-3-1)47-50-48(52-49(51-47)41-29-36-16-7-9-18-38(36)45-37-17-8-6-12-31(37)23-25-39(41)45)40-19-10-20-44-46(40)42-28-35(24-26-43(42)53-44)34-22-21-30-11-4-5-15-33(30)27-34/h1-29H. The monoisotopic (exact) mass is 675 g/mol. The van der Waals surface area contributed by atoms with E-state index >= 15 is 0 Å². The van der Waals surface area contributed by atoms with Crippen LogP contribution in [-0.4, -0.2) is 15.0 Å². The van der Waals surface area contributed by atoms with Crippen molar-refractivity contribution < 1.29 is 4.42 Å². The zero-order valence-electron chi connectivity index (χ0n) is 28.5. The molecule has 9 aromatic carbocycles. The second-order valence-corrected chi connectivity index (χ2v) is 13.6. The summed E-state index contributed by atoms with van der Waals surface area (Å²) in [5.41, 5.74) is 6.68. The molecule has 0 spiro atoms. The number of nitrogens with zero attached hydrogens (tertiary/aromatic N) is 3. The van der Waals surface area contributed by atoms with E-state index in [1.54, 1.807) is 0 Å². The summed E-state index contributed by atoms with van der Waals surface area (Å²) in [5.74, 6) is 1.84. The highest BCUT2D eigenvalue weighted by Crippen LogP contribution is 2.41. The smallest absolute Gasteiger partial charge is 0.164 e. The second kappa shape index (κ2) is 11.7. The Morgan fingerprint density at radius 3 is 1.79 bits per heavy atom. The summed E-state index contributed by atoms with van der Waals surface area (Å²) in [6.07, 6.45) is 0. The molecule has 0 radical (unpaired) electrons. The van der Waals surface area contributed by atoms with Crippen LogP contribution < -0.4 is 0 Å². The third-order valence-electron chi connectivity index (χ3n) is 10.5. The molecule has 0 aliphatic carbocycles. The molecular weight excluding hydrogens is 647 g/mol. The van der Waals surface area contributed by atoms with Crippen molar-refractivity contribution in [2.75, 3.05) is 0 Å². The summed E-state index contributed by atoms with van der Waals surface area (Å²) < 4.78 is 6.48. The third-order valence-corrected chi connectivity index (χ3v) is 10.5. The molecule has 0 saturated carbocycles. The molecule has 2 aromatic heterocycles. The van der Waals surface area contributed by atoms with Crippen LogP contribution in [-0.2, 0) is 0 Å². The molecule has 2 heterocycles. The molecule has 0 unspecified atom stereocenters. The van der Waals surface area contributed by atoms with Gasteiger partial charge in [-0.2, -0.15) is 0 Å². The molecule has 0 fully saturated rings. The Morgan fingerprint density at radius 1 is 0.302 bits per heavy atom. The van der Waals surface area contributed by atoms with Crippen LogP contribution >= 0.6 is 0 Å². The van der Waals surface area contributed by atoms with Crippen molar-refractivity contribution >= 4 is 65.0 Å². The predicted molar refractivity (Wildman–Crippen MR) is 219 cm³/mol. The fourth-order valence-corrected chi connectivity index (χ4v) is 7.95. The van der Waals surface area contributed by atoms with E-state index in [-0.39, 0.29) is 0 Å². The summed E-state index contributed by atoms with van der Waals surface area (Å²) >= 11 is 0. The van der Waals surface area contributed by atoms with E-state index in [9.17, 15) is 0 Å². The minimum Gasteiger partial charge on any atom is -0.456 e.